The minimum absolute atomic E-state index is 0.00807. The van der Waals surface area contributed by atoms with Crippen LogP contribution in [0.5, 0.6) is 0 Å². The summed E-state index contributed by atoms with van der Waals surface area (Å²) in [6.45, 7) is 1.80. The Morgan fingerprint density at radius 1 is 0.667 bits per heavy atom. The predicted molar refractivity (Wildman–Crippen MR) is 230 cm³/mol. The fraction of sp³-hybridized carbons (Fsp3) is 0.410. The zero-order chi connectivity index (χ0) is 41.2. The van der Waals surface area contributed by atoms with Crippen molar-refractivity contribution < 1.29 is 40.9 Å². The summed E-state index contributed by atoms with van der Waals surface area (Å²) in [5.41, 5.74) is 1.78. The SMILES string of the molecule is COCCOCCOCCN1C(=O)C(SCCNS(=O)(=O)c2cccc3c(N(C)C)cccc23)=C(SCCNS(=O)(=O)c2cccc3c(N(C)C)cccc23)C1O. The van der Waals surface area contributed by atoms with Gasteiger partial charge in [-0.2, -0.15) is 0 Å². The molecule has 3 N–H and O–H groups in total. The highest BCUT2D eigenvalue weighted by Gasteiger charge is 2.38. The summed E-state index contributed by atoms with van der Waals surface area (Å²) in [6.07, 6.45) is -1.29. The molecule has 4 aromatic rings. The monoisotopic (exact) mass is 861 g/mol. The molecule has 0 saturated heterocycles. The molecule has 310 valence electrons. The Morgan fingerprint density at radius 2 is 1.12 bits per heavy atom. The third-order valence-electron chi connectivity index (χ3n) is 9.04. The number of nitrogens with one attached hydrogen (secondary N) is 2. The fourth-order valence-electron chi connectivity index (χ4n) is 6.33. The minimum atomic E-state index is -3.92. The second-order valence-electron chi connectivity index (χ2n) is 13.3. The van der Waals surface area contributed by atoms with Gasteiger partial charge in [-0.05, 0) is 24.3 Å². The van der Waals surface area contributed by atoms with E-state index < -0.39 is 32.2 Å². The molecular formula is C39H51N5O9S4. The van der Waals surface area contributed by atoms with Gasteiger partial charge in [0.2, 0.25) is 20.0 Å². The number of hydrogen-bond donors (Lipinski definition) is 3. The molecule has 0 bridgehead atoms. The number of carbonyl (C=O) groups excluding carboxylic acids is 1. The number of anilines is 2. The van der Waals surface area contributed by atoms with Gasteiger partial charge in [0.15, 0.2) is 6.23 Å². The van der Waals surface area contributed by atoms with E-state index in [4.69, 9.17) is 14.2 Å². The Bertz CT molecular complexity index is 2270. The van der Waals surface area contributed by atoms with Gasteiger partial charge in [-0.1, -0.05) is 48.5 Å². The van der Waals surface area contributed by atoms with Gasteiger partial charge >= 0.3 is 0 Å². The molecule has 57 heavy (non-hydrogen) atoms. The number of thioether (sulfide) groups is 2. The molecule has 5 rings (SSSR count). The van der Waals surface area contributed by atoms with Crippen LogP contribution in [0.15, 0.2) is 92.4 Å². The van der Waals surface area contributed by atoms with Crippen LogP contribution in [0.25, 0.3) is 21.5 Å². The molecule has 1 amide bonds. The summed E-state index contributed by atoms with van der Waals surface area (Å²) in [4.78, 5) is 19.8. The topological polar surface area (TPSA) is 167 Å². The van der Waals surface area contributed by atoms with Gasteiger partial charge in [0, 0.05) is 99.4 Å². The van der Waals surface area contributed by atoms with E-state index in [2.05, 4.69) is 9.44 Å². The molecule has 1 heterocycles. The number of aliphatic hydroxyl groups excluding tert-OH is 1. The van der Waals surface area contributed by atoms with E-state index in [9.17, 15) is 26.7 Å². The molecule has 14 nitrogen and oxygen atoms in total. The third kappa shape index (κ3) is 11.0. The van der Waals surface area contributed by atoms with Gasteiger partial charge in [-0.15, -0.1) is 23.5 Å². The largest absolute Gasteiger partial charge is 0.382 e. The Morgan fingerprint density at radius 3 is 1.63 bits per heavy atom. The van der Waals surface area contributed by atoms with Crippen LogP contribution in [0.3, 0.4) is 0 Å². The van der Waals surface area contributed by atoms with Crippen molar-refractivity contribution in [3.05, 3.63) is 82.6 Å². The number of fused-ring (bicyclic) bond motifs is 2. The number of sulfonamides is 2. The van der Waals surface area contributed by atoms with Crippen LogP contribution in [0.1, 0.15) is 0 Å². The molecule has 0 aliphatic carbocycles. The van der Waals surface area contributed by atoms with E-state index >= 15 is 0 Å². The van der Waals surface area contributed by atoms with E-state index in [0.717, 1.165) is 33.9 Å². The zero-order valence-electron chi connectivity index (χ0n) is 32.8. The summed E-state index contributed by atoms with van der Waals surface area (Å²) in [5.74, 6) is -0.0184. The fourth-order valence-corrected chi connectivity index (χ4v) is 11.3. The van der Waals surface area contributed by atoms with Crippen LogP contribution in [0.2, 0.25) is 0 Å². The molecule has 18 heteroatoms. The van der Waals surface area contributed by atoms with Crippen LogP contribution in [0.4, 0.5) is 11.4 Å². The van der Waals surface area contributed by atoms with Crippen LogP contribution in [-0.4, -0.2) is 138 Å². The Hall–Kier alpha value is -3.43. The second-order valence-corrected chi connectivity index (χ2v) is 19.0. The lowest BCUT2D eigenvalue weighted by Gasteiger charge is -2.22. The summed E-state index contributed by atoms with van der Waals surface area (Å²) >= 11 is 2.30. The first-order chi connectivity index (χ1) is 27.3. The average Bonchev–Trinajstić information content (AvgIpc) is 3.41. The number of aliphatic hydroxyl groups is 1. The number of ether oxygens (including phenoxy) is 3. The minimum Gasteiger partial charge on any atom is -0.382 e. The molecular weight excluding hydrogens is 811 g/mol. The van der Waals surface area contributed by atoms with Crippen molar-refractivity contribution in [2.45, 2.75) is 16.0 Å². The molecule has 1 aliphatic rings. The number of amides is 1. The van der Waals surface area contributed by atoms with Crippen molar-refractivity contribution >= 4 is 82.4 Å². The first kappa shape index (κ1) is 44.7. The van der Waals surface area contributed by atoms with E-state index in [1.54, 1.807) is 43.5 Å². The first-order valence-corrected chi connectivity index (χ1v) is 23.2. The lowest BCUT2D eigenvalue weighted by Crippen LogP contribution is -2.38. The molecule has 1 atom stereocenters. The maximum absolute atomic E-state index is 13.7. The number of rotatable bonds is 23. The quantitative estimate of drug-likeness (QED) is 0.0921. The Kier molecular flexibility index (Phi) is 16.1. The molecule has 0 saturated carbocycles. The predicted octanol–water partition coefficient (Wildman–Crippen LogP) is 3.90. The number of carbonyl (C=O) groups is 1. The maximum Gasteiger partial charge on any atom is 0.263 e. The van der Waals surface area contributed by atoms with Crippen LogP contribution in [-0.2, 0) is 39.1 Å². The van der Waals surface area contributed by atoms with Crippen molar-refractivity contribution in [1.29, 1.82) is 0 Å². The second kappa shape index (κ2) is 20.5. The van der Waals surface area contributed by atoms with Crippen LogP contribution in [0, 0.1) is 0 Å². The van der Waals surface area contributed by atoms with Crippen molar-refractivity contribution in [1.82, 2.24) is 14.3 Å². The van der Waals surface area contributed by atoms with Gasteiger partial charge in [0.1, 0.15) is 0 Å². The van der Waals surface area contributed by atoms with Gasteiger partial charge in [-0.3, -0.25) is 4.79 Å². The molecule has 1 unspecified atom stereocenters. The van der Waals surface area contributed by atoms with Crippen LogP contribution >= 0.6 is 23.5 Å². The van der Waals surface area contributed by atoms with Crippen molar-refractivity contribution in [2.24, 2.45) is 0 Å². The maximum atomic E-state index is 13.7. The van der Waals surface area contributed by atoms with E-state index in [1.807, 2.05) is 74.4 Å². The van der Waals surface area contributed by atoms with Crippen molar-refractivity contribution in [2.75, 3.05) is 109 Å². The zero-order valence-corrected chi connectivity index (χ0v) is 36.0. The number of nitrogens with zero attached hydrogens (tertiary/aromatic N) is 3. The van der Waals surface area contributed by atoms with E-state index in [1.165, 1.54) is 16.7 Å². The summed E-state index contributed by atoms with van der Waals surface area (Å²) in [6, 6.07) is 21.3. The smallest absolute Gasteiger partial charge is 0.263 e. The third-order valence-corrected chi connectivity index (χ3v) is 14.4. The summed E-state index contributed by atoms with van der Waals surface area (Å²) in [5, 5.41) is 14.2. The lowest BCUT2D eigenvalue weighted by atomic mass is 10.1. The summed E-state index contributed by atoms with van der Waals surface area (Å²) < 4.78 is 75.5. The molecule has 0 spiro atoms. The highest BCUT2D eigenvalue weighted by Crippen LogP contribution is 2.39. The van der Waals surface area contributed by atoms with Crippen molar-refractivity contribution in [3.8, 4) is 0 Å². The lowest BCUT2D eigenvalue weighted by molar-refractivity contribution is -0.132. The Labute approximate surface area is 344 Å². The van der Waals surface area contributed by atoms with Gasteiger partial charge in [-0.25, -0.2) is 26.3 Å². The number of methoxy groups -OCH3 is 1. The number of benzene rings is 4. The van der Waals surface area contributed by atoms with Gasteiger partial charge in [0.05, 0.1) is 52.6 Å². The molecule has 0 aromatic heterocycles. The number of hydrogen-bond acceptors (Lipinski definition) is 13. The van der Waals surface area contributed by atoms with Gasteiger partial charge in [0.25, 0.3) is 5.91 Å². The normalized spacial score (nSPS) is 15.0. The molecule has 1 aliphatic heterocycles. The molecule has 4 aromatic carbocycles. The Balaban J connectivity index is 1.25. The first-order valence-electron chi connectivity index (χ1n) is 18.3. The average molecular weight is 862 g/mol. The highest BCUT2D eigenvalue weighted by molar-refractivity contribution is 8.07. The molecule has 0 fully saturated rings. The van der Waals surface area contributed by atoms with Gasteiger partial charge < -0.3 is 34.0 Å². The summed E-state index contributed by atoms with van der Waals surface area (Å²) in [7, 11) is 1.33. The standard InChI is InChI=1S/C39H51N5O9S4/c1-42(2)32-14-6-12-30-28(32)10-8-16-34(30)56(47,48)40-18-26-54-36-37(39(46)44(38(36)45)20-21-52-24-25-53-23-22-51-5)55-27-19-41-57(49,50)35-17-9-11-29-31(35)13-7-15-33(29)43(3)4/h6-17,38,40-41,45H,18-27H2,1-5H3. The van der Waals surface area contributed by atoms with Crippen molar-refractivity contribution in [3.63, 3.8) is 0 Å². The van der Waals surface area contributed by atoms with E-state index in [-0.39, 0.29) is 52.4 Å². The van der Waals surface area contributed by atoms with Crippen LogP contribution < -0.4 is 19.2 Å². The molecule has 0 radical (unpaired) electrons. The highest BCUT2D eigenvalue weighted by atomic mass is 32.2. The van der Waals surface area contributed by atoms with E-state index in [0.29, 0.717) is 42.1 Å².